The zero-order valence-electron chi connectivity index (χ0n) is 17.6. The second-order valence-corrected chi connectivity index (χ2v) is 8.66. The van der Waals surface area contributed by atoms with Crippen LogP contribution in [0.1, 0.15) is 36.0 Å². The van der Waals surface area contributed by atoms with E-state index >= 15 is 0 Å². The summed E-state index contributed by atoms with van der Waals surface area (Å²) in [5, 5.41) is 12.6. The third-order valence-electron chi connectivity index (χ3n) is 6.19. The number of nitrogens with one attached hydrogen (secondary N) is 1. The number of allylic oxidation sites excluding steroid dienone is 1. The molecule has 3 rings (SSSR count). The van der Waals surface area contributed by atoms with E-state index in [0.717, 1.165) is 50.1 Å². The smallest absolute Gasteiger partial charge is 0.0991 e. The first-order valence-corrected chi connectivity index (χ1v) is 11.6. The number of anilines is 1. The van der Waals surface area contributed by atoms with E-state index in [1.54, 1.807) is 11.8 Å². The molecule has 0 bridgehead atoms. The van der Waals surface area contributed by atoms with Crippen molar-refractivity contribution in [3.63, 3.8) is 0 Å². The van der Waals surface area contributed by atoms with Gasteiger partial charge in [-0.05, 0) is 93.0 Å². The van der Waals surface area contributed by atoms with Gasteiger partial charge in [0.25, 0.3) is 0 Å². The molecule has 0 unspecified atom stereocenters. The van der Waals surface area contributed by atoms with Crippen molar-refractivity contribution in [3.8, 4) is 6.07 Å². The Morgan fingerprint density at radius 2 is 1.93 bits per heavy atom. The standard InChI is InChI=1S/C25H31N3S/c1-4-25(23-18-21(19-26)9-12-24(23)27-2)13-16-28(17-14-25)15-5-6-20-7-10-22(29-3)11-8-20/h4,7-12,18,27H,1,5-6,13-17H2,2-3H3. The summed E-state index contributed by atoms with van der Waals surface area (Å²) < 4.78 is 0. The topological polar surface area (TPSA) is 39.1 Å². The minimum absolute atomic E-state index is 0.0602. The molecule has 1 aliphatic heterocycles. The SMILES string of the molecule is C=CC1(c2cc(C#N)ccc2NC)CCN(CCCc2ccc(SC)cc2)CC1. The first-order valence-electron chi connectivity index (χ1n) is 10.4. The summed E-state index contributed by atoms with van der Waals surface area (Å²) >= 11 is 1.79. The molecule has 0 atom stereocenters. The highest BCUT2D eigenvalue weighted by molar-refractivity contribution is 7.98. The average Bonchev–Trinajstić information content (AvgIpc) is 2.79. The average molecular weight is 406 g/mol. The molecule has 0 aliphatic carbocycles. The van der Waals surface area contributed by atoms with Crippen molar-refractivity contribution in [3.05, 3.63) is 71.8 Å². The van der Waals surface area contributed by atoms with Crippen molar-refractivity contribution in [2.24, 2.45) is 0 Å². The van der Waals surface area contributed by atoms with Crippen molar-refractivity contribution in [1.82, 2.24) is 4.90 Å². The molecule has 4 heteroatoms. The van der Waals surface area contributed by atoms with Crippen LogP contribution >= 0.6 is 11.8 Å². The summed E-state index contributed by atoms with van der Waals surface area (Å²) in [6, 6.07) is 17.2. The predicted octanol–water partition coefficient (Wildman–Crippen LogP) is 5.47. The van der Waals surface area contributed by atoms with Crippen LogP contribution in [-0.4, -0.2) is 37.8 Å². The van der Waals surface area contributed by atoms with Gasteiger partial charge in [-0.15, -0.1) is 18.3 Å². The molecule has 152 valence electrons. The molecular weight excluding hydrogens is 374 g/mol. The Labute approximate surface area is 179 Å². The zero-order valence-corrected chi connectivity index (χ0v) is 18.4. The van der Waals surface area contributed by atoms with Crippen LogP contribution in [0, 0.1) is 11.3 Å². The van der Waals surface area contributed by atoms with Crippen molar-refractivity contribution < 1.29 is 0 Å². The Morgan fingerprint density at radius 3 is 2.52 bits per heavy atom. The number of hydrogen-bond donors (Lipinski definition) is 1. The highest BCUT2D eigenvalue weighted by Gasteiger charge is 2.35. The van der Waals surface area contributed by atoms with Gasteiger partial charge in [-0.1, -0.05) is 18.2 Å². The van der Waals surface area contributed by atoms with Crippen LogP contribution < -0.4 is 5.32 Å². The number of nitriles is 1. The maximum atomic E-state index is 9.34. The van der Waals surface area contributed by atoms with E-state index in [-0.39, 0.29) is 5.41 Å². The highest BCUT2D eigenvalue weighted by Crippen LogP contribution is 2.40. The Bertz CT molecular complexity index is 859. The Kier molecular flexibility index (Phi) is 7.41. The van der Waals surface area contributed by atoms with E-state index in [9.17, 15) is 5.26 Å². The number of thioether (sulfide) groups is 1. The van der Waals surface area contributed by atoms with E-state index < -0.39 is 0 Å². The molecule has 1 heterocycles. The first-order chi connectivity index (χ1) is 14.1. The quantitative estimate of drug-likeness (QED) is 0.467. The van der Waals surface area contributed by atoms with Crippen molar-refractivity contribution in [1.29, 1.82) is 5.26 Å². The first kappa shape index (κ1) is 21.5. The van der Waals surface area contributed by atoms with Crippen molar-refractivity contribution in [2.75, 3.05) is 38.3 Å². The number of aryl methyl sites for hydroxylation is 1. The third kappa shape index (κ3) is 5.04. The summed E-state index contributed by atoms with van der Waals surface area (Å²) in [4.78, 5) is 3.90. The maximum Gasteiger partial charge on any atom is 0.0991 e. The molecule has 1 saturated heterocycles. The Balaban J connectivity index is 1.59. The van der Waals surface area contributed by atoms with Gasteiger partial charge in [0.15, 0.2) is 0 Å². The number of benzene rings is 2. The summed E-state index contributed by atoms with van der Waals surface area (Å²) in [6.07, 6.45) is 8.63. The Morgan fingerprint density at radius 1 is 1.21 bits per heavy atom. The Hall–Kier alpha value is -2.22. The van der Waals surface area contributed by atoms with Gasteiger partial charge in [-0.3, -0.25) is 0 Å². The normalized spacial score (nSPS) is 16.2. The van der Waals surface area contributed by atoms with E-state index in [0.29, 0.717) is 0 Å². The minimum Gasteiger partial charge on any atom is -0.388 e. The van der Waals surface area contributed by atoms with Crippen LogP contribution in [0.5, 0.6) is 0 Å². The third-order valence-corrected chi connectivity index (χ3v) is 6.94. The van der Waals surface area contributed by atoms with Crippen LogP contribution in [0.15, 0.2) is 60.0 Å². The van der Waals surface area contributed by atoms with Gasteiger partial charge < -0.3 is 10.2 Å². The molecule has 0 radical (unpaired) electrons. The van der Waals surface area contributed by atoms with Crippen molar-refractivity contribution in [2.45, 2.75) is 36.0 Å². The van der Waals surface area contributed by atoms with Gasteiger partial charge in [-0.25, -0.2) is 0 Å². The largest absolute Gasteiger partial charge is 0.388 e. The molecule has 2 aromatic carbocycles. The fourth-order valence-corrected chi connectivity index (χ4v) is 4.71. The maximum absolute atomic E-state index is 9.34. The van der Waals surface area contributed by atoms with E-state index in [4.69, 9.17) is 0 Å². The van der Waals surface area contributed by atoms with Crippen LogP contribution in [0.2, 0.25) is 0 Å². The second-order valence-electron chi connectivity index (χ2n) is 7.78. The van der Waals surface area contributed by atoms with Gasteiger partial charge in [0, 0.05) is 23.0 Å². The number of likely N-dealkylation sites (tertiary alicyclic amines) is 1. The molecule has 0 saturated carbocycles. The molecule has 1 fully saturated rings. The monoisotopic (exact) mass is 405 g/mol. The molecule has 29 heavy (non-hydrogen) atoms. The van der Waals surface area contributed by atoms with E-state index in [1.165, 1.54) is 22.4 Å². The lowest BCUT2D eigenvalue weighted by Gasteiger charge is -2.41. The molecule has 2 aromatic rings. The molecule has 0 amide bonds. The lowest BCUT2D eigenvalue weighted by molar-refractivity contribution is 0.182. The van der Waals surface area contributed by atoms with Gasteiger partial charge in [-0.2, -0.15) is 5.26 Å². The van der Waals surface area contributed by atoms with Crippen LogP contribution in [0.3, 0.4) is 0 Å². The summed E-state index contributed by atoms with van der Waals surface area (Å²) in [6.45, 7) is 7.44. The zero-order chi connectivity index (χ0) is 20.7. The molecule has 1 aliphatic rings. The lowest BCUT2D eigenvalue weighted by Crippen LogP contribution is -2.42. The van der Waals surface area contributed by atoms with Crippen molar-refractivity contribution >= 4 is 17.4 Å². The van der Waals surface area contributed by atoms with Gasteiger partial charge in [0.2, 0.25) is 0 Å². The van der Waals surface area contributed by atoms with Crippen LogP contribution in [0.25, 0.3) is 0 Å². The fourth-order valence-electron chi connectivity index (χ4n) is 4.30. The molecular formula is C25H31N3S. The van der Waals surface area contributed by atoms with Gasteiger partial charge >= 0.3 is 0 Å². The number of piperidine rings is 1. The van der Waals surface area contributed by atoms with Gasteiger partial charge in [0.05, 0.1) is 11.6 Å². The fraction of sp³-hybridized carbons (Fsp3) is 0.400. The number of hydrogen-bond acceptors (Lipinski definition) is 4. The highest BCUT2D eigenvalue weighted by atomic mass is 32.2. The lowest BCUT2D eigenvalue weighted by atomic mass is 9.72. The molecule has 0 spiro atoms. The summed E-state index contributed by atoms with van der Waals surface area (Å²) in [5.74, 6) is 0. The van der Waals surface area contributed by atoms with E-state index in [1.807, 2.05) is 25.2 Å². The molecule has 0 aromatic heterocycles. The summed E-state index contributed by atoms with van der Waals surface area (Å²) in [7, 11) is 1.95. The van der Waals surface area contributed by atoms with Crippen LogP contribution in [-0.2, 0) is 11.8 Å². The van der Waals surface area contributed by atoms with Gasteiger partial charge in [0.1, 0.15) is 0 Å². The summed E-state index contributed by atoms with van der Waals surface area (Å²) in [5.41, 5.74) is 4.39. The van der Waals surface area contributed by atoms with Crippen LogP contribution in [0.4, 0.5) is 5.69 Å². The van der Waals surface area contributed by atoms with E-state index in [2.05, 4.69) is 59.5 Å². The second kappa shape index (κ2) is 10.0. The minimum atomic E-state index is -0.0602. The number of nitrogens with zero attached hydrogens (tertiary/aromatic N) is 2. The predicted molar refractivity (Wildman–Crippen MR) is 125 cm³/mol. The molecule has 1 N–H and O–H groups in total. The number of rotatable bonds is 8. The molecule has 3 nitrogen and oxygen atoms in total.